The largest absolute Gasteiger partial charge is 0.477 e. The van der Waals surface area contributed by atoms with Crippen molar-refractivity contribution < 1.29 is 33.6 Å². The topological polar surface area (TPSA) is 196 Å². The number of fused-ring (bicyclic) bond motifs is 2. The number of esters is 1. The minimum atomic E-state index is -0.664. The zero-order valence-corrected chi connectivity index (χ0v) is 29.1. The van der Waals surface area contributed by atoms with Gasteiger partial charge >= 0.3 is 5.97 Å². The Bertz CT molecular complexity index is 2180. The van der Waals surface area contributed by atoms with Gasteiger partial charge in [-0.1, -0.05) is 46.4 Å². The standard InChI is InChI=1S/C15H13Cl2N5O4.C13H11Cl2N5O3/c1-4-26-15(23)12-21-18-6-22(12)11-9(17)7(16)5-8-10(11)20-14(25-3)13(19-8)24-2;1-22-12-13(23-2)18-10-7(17-12)3-6(14)9(15)11(10)20-5-16-19-8(20)4-21/h5-6H,4H2,1-3H3;3,5,21H,4H2,1-2H3. The number of halogens is 4. The van der Waals surface area contributed by atoms with Crippen LogP contribution < -0.4 is 18.9 Å². The summed E-state index contributed by atoms with van der Waals surface area (Å²) in [4.78, 5) is 29.6. The van der Waals surface area contributed by atoms with Crippen molar-refractivity contribution in [3.63, 3.8) is 0 Å². The Morgan fingerprint density at radius 3 is 1.63 bits per heavy atom. The molecule has 0 bridgehead atoms. The van der Waals surface area contributed by atoms with Crippen molar-refractivity contribution in [2.45, 2.75) is 13.5 Å². The third-order valence-corrected chi connectivity index (χ3v) is 8.11. The number of aliphatic hydroxyl groups is 1. The highest BCUT2D eigenvalue weighted by Gasteiger charge is 2.25. The second-order valence-electron chi connectivity index (χ2n) is 9.28. The molecule has 0 saturated carbocycles. The molecule has 0 aliphatic heterocycles. The predicted octanol–water partition coefficient (Wildman–Crippen LogP) is 4.74. The van der Waals surface area contributed by atoms with Crippen LogP contribution in [0.25, 0.3) is 33.4 Å². The van der Waals surface area contributed by atoms with E-state index in [1.54, 1.807) is 13.0 Å². The van der Waals surface area contributed by atoms with E-state index < -0.39 is 5.97 Å². The molecule has 0 fully saturated rings. The molecule has 256 valence electrons. The van der Waals surface area contributed by atoms with Gasteiger partial charge in [-0.2, -0.15) is 0 Å². The Morgan fingerprint density at radius 1 is 0.714 bits per heavy atom. The number of nitrogens with zero attached hydrogens (tertiary/aromatic N) is 10. The van der Waals surface area contributed by atoms with Gasteiger partial charge in [0, 0.05) is 0 Å². The molecule has 0 aliphatic carbocycles. The summed E-state index contributed by atoms with van der Waals surface area (Å²) in [7, 11) is 5.78. The fourth-order valence-electron chi connectivity index (χ4n) is 4.44. The average Bonchev–Trinajstić information content (AvgIpc) is 3.79. The SMILES string of the molecule is CCOC(=O)c1nncn1-c1c(Cl)c(Cl)cc2nc(OC)c(OC)nc12.COc1nc2cc(Cl)c(Cl)c(-n3cnnc3CO)c2nc1OC. The summed E-state index contributed by atoms with van der Waals surface area (Å²) in [6.07, 6.45) is 2.71. The van der Waals surface area contributed by atoms with Crippen molar-refractivity contribution in [2.24, 2.45) is 0 Å². The molecule has 6 rings (SSSR count). The van der Waals surface area contributed by atoms with Crippen molar-refractivity contribution in [2.75, 3.05) is 35.0 Å². The molecule has 4 heterocycles. The van der Waals surface area contributed by atoms with Crippen molar-refractivity contribution >= 4 is 74.4 Å². The second kappa shape index (κ2) is 15.2. The average molecular weight is 754 g/mol. The minimum Gasteiger partial charge on any atom is -0.477 e. The van der Waals surface area contributed by atoms with Crippen LogP contribution in [0.5, 0.6) is 23.5 Å². The molecule has 1 N–H and O–H groups in total. The Hall–Kier alpha value is -4.81. The quantitative estimate of drug-likeness (QED) is 0.199. The van der Waals surface area contributed by atoms with Crippen molar-refractivity contribution in [1.82, 2.24) is 49.5 Å². The maximum absolute atomic E-state index is 12.2. The summed E-state index contributed by atoms with van der Waals surface area (Å²) in [6.45, 7) is 1.54. The van der Waals surface area contributed by atoms with Crippen molar-refractivity contribution in [3.05, 3.63) is 56.5 Å². The summed E-state index contributed by atoms with van der Waals surface area (Å²) in [5.41, 5.74) is 2.24. The molecule has 2 aromatic carbocycles. The highest BCUT2D eigenvalue weighted by Crippen LogP contribution is 2.39. The predicted molar refractivity (Wildman–Crippen MR) is 177 cm³/mol. The first-order valence-electron chi connectivity index (χ1n) is 13.7. The number of hydrogen-bond donors (Lipinski definition) is 1. The first-order valence-corrected chi connectivity index (χ1v) is 15.3. The van der Waals surface area contributed by atoms with Gasteiger partial charge in [0.1, 0.15) is 30.3 Å². The third-order valence-electron chi connectivity index (χ3n) is 6.55. The van der Waals surface area contributed by atoms with Crippen LogP contribution in [0.15, 0.2) is 24.8 Å². The van der Waals surface area contributed by atoms with E-state index in [1.165, 1.54) is 56.3 Å². The van der Waals surface area contributed by atoms with Gasteiger partial charge in [-0.15, -0.1) is 20.4 Å². The highest BCUT2D eigenvalue weighted by molar-refractivity contribution is 6.45. The van der Waals surface area contributed by atoms with E-state index >= 15 is 0 Å². The van der Waals surface area contributed by atoms with E-state index in [0.717, 1.165) is 0 Å². The zero-order chi connectivity index (χ0) is 35.4. The first-order chi connectivity index (χ1) is 23.6. The number of carbonyl (C=O) groups excluding carboxylic acids is 1. The van der Waals surface area contributed by atoms with Crippen LogP contribution in [0.4, 0.5) is 0 Å². The molecule has 0 atom stereocenters. The second-order valence-corrected chi connectivity index (χ2v) is 10.9. The van der Waals surface area contributed by atoms with Gasteiger partial charge in [-0.25, -0.2) is 24.7 Å². The summed E-state index contributed by atoms with van der Waals surface area (Å²) in [5, 5.41) is 25.4. The Morgan fingerprint density at radius 2 is 1.16 bits per heavy atom. The van der Waals surface area contributed by atoms with E-state index in [1.807, 2.05) is 0 Å². The summed E-state index contributed by atoms with van der Waals surface area (Å²) >= 11 is 25.1. The molecule has 17 nitrogen and oxygen atoms in total. The lowest BCUT2D eigenvalue weighted by molar-refractivity contribution is 0.0509. The molecule has 4 aromatic heterocycles. The van der Waals surface area contributed by atoms with Crippen LogP contribution in [-0.2, 0) is 11.3 Å². The van der Waals surface area contributed by atoms with Gasteiger partial charge in [0.05, 0.1) is 77.5 Å². The number of ether oxygens (including phenoxy) is 5. The van der Waals surface area contributed by atoms with E-state index in [2.05, 4.69) is 40.3 Å². The van der Waals surface area contributed by atoms with Crippen LogP contribution in [0.3, 0.4) is 0 Å². The fraction of sp³-hybridized carbons (Fsp3) is 0.250. The number of carbonyl (C=O) groups is 1. The molecule has 0 saturated heterocycles. The van der Waals surface area contributed by atoms with E-state index in [9.17, 15) is 9.90 Å². The molecule has 0 spiro atoms. The number of rotatable bonds is 9. The maximum Gasteiger partial charge on any atom is 0.376 e. The van der Waals surface area contributed by atoms with Gasteiger partial charge in [-0.3, -0.25) is 9.13 Å². The Kier molecular flexibility index (Phi) is 11.0. The van der Waals surface area contributed by atoms with Gasteiger partial charge in [0.25, 0.3) is 23.5 Å². The molecule has 6 aromatic rings. The number of aliphatic hydroxyl groups excluding tert-OH is 1. The number of benzene rings is 2. The molecule has 0 aliphatic rings. The summed E-state index contributed by atoms with van der Waals surface area (Å²) < 4.78 is 28.5. The van der Waals surface area contributed by atoms with Crippen LogP contribution in [0.2, 0.25) is 20.1 Å². The van der Waals surface area contributed by atoms with Gasteiger partial charge in [0.2, 0.25) is 5.82 Å². The van der Waals surface area contributed by atoms with Crippen LogP contribution in [0, 0.1) is 0 Å². The fourth-order valence-corrected chi connectivity index (χ4v) is 5.30. The molecule has 0 radical (unpaired) electrons. The number of aromatic nitrogens is 10. The third kappa shape index (κ3) is 6.75. The van der Waals surface area contributed by atoms with Crippen LogP contribution in [0.1, 0.15) is 23.4 Å². The van der Waals surface area contributed by atoms with E-state index in [-0.39, 0.29) is 74.2 Å². The lowest BCUT2D eigenvalue weighted by Gasteiger charge is -2.14. The maximum atomic E-state index is 12.2. The molecular formula is C28H24Cl4N10O7. The smallest absolute Gasteiger partial charge is 0.376 e. The first kappa shape index (κ1) is 35.5. The normalized spacial score (nSPS) is 10.9. The molecular weight excluding hydrogens is 730 g/mol. The molecule has 21 heteroatoms. The number of methoxy groups -OCH3 is 4. The number of hydrogen-bond acceptors (Lipinski definition) is 15. The van der Waals surface area contributed by atoms with Crippen molar-refractivity contribution in [1.29, 1.82) is 0 Å². The lowest BCUT2D eigenvalue weighted by Crippen LogP contribution is -2.13. The zero-order valence-electron chi connectivity index (χ0n) is 26.1. The van der Waals surface area contributed by atoms with Gasteiger partial charge in [0.15, 0.2) is 5.82 Å². The van der Waals surface area contributed by atoms with E-state index in [0.29, 0.717) is 27.8 Å². The van der Waals surface area contributed by atoms with Crippen LogP contribution in [-0.4, -0.2) is 95.6 Å². The summed E-state index contributed by atoms with van der Waals surface area (Å²) in [6, 6.07) is 3.10. The molecule has 49 heavy (non-hydrogen) atoms. The monoisotopic (exact) mass is 752 g/mol. The Balaban J connectivity index is 0.000000192. The highest BCUT2D eigenvalue weighted by atomic mass is 35.5. The van der Waals surface area contributed by atoms with Crippen molar-refractivity contribution in [3.8, 4) is 34.9 Å². The Labute approximate surface area is 296 Å². The molecule has 0 amide bonds. The molecule has 0 unspecified atom stereocenters. The lowest BCUT2D eigenvalue weighted by atomic mass is 10.2. The van der Waals surface area contributed by atoms with Gasteiger partial charge in [-0.05, 0) is 19.1 Å². The minimum absolute atomic E-state index is 0.0751. The van der Waals surface area contributed by atoms with Crippen LogP contribution >= 0.6 is 46.4 Å². The van der Waals surface area contributed by atoms with Gasteiger partial charge < -0.3 is 28.8 Å². The summed E-state index contributed by atoms with van der Waals surface area (Å²) in [5.74, 6) is 0.279. The van der Waals surface area contributed by atoms with E-state index in [4.69, 9.17) is 70.1 Å².